The molecule has 22 heavy (non-hydrogen) atoms. The van der Waals surface area contributed by atoms with E-state index >= 15 is 0 Å². The van der Waals surface area contributed by atoms with Crippen LogP contribution in [0.25, 0.3) is 0 Å². The summed E-state index contributed by atoms with van der Waals surface area (Å²) in [6.45, 7) is 5.20. The van der Waals surface area contributed by atoms with E-state index in [9.17, 15) is 4.79 Å². The predicted octanol–water partition coefficient (Wildman–Crippen LogP) is 0.426. The van der Waals surface area contributed by atoms with Crippen LogP contribution in [-0.4, -0.2) is 63.5 Å². The lowest BCUT2D eigenvalue weighted by molar-refractivity contribution is -0.126. The summed E-state index contributed by atoms with van der Waals surface area (Å²) in [7, 11) is 0. The van der Waals surface area contributed by atoms with Gasteiger partial charge in [0.2, 0.25) is 5.91 Å². The SMILES string of the molecule is CC(C(=O)NCC1CCCO1)N1CCCC1Cn1cncn1. The van der Waals surface area contributed by atoms with E-state index in [1.165, 1.54) is 0 Å². The van der Waals surface area contributed by atoms with Crippen LogP contribution in [0.15, 0.2) is 12.7 Å². The van der Waals surface area contributed by atoms with Gasteiger partial charge in [0.25, 0.3) is 0 Å². The molecule has 2 saturated heterocycles. The van der Waals surface area contributed by atoms with E-state index in [1.54, 1.807) is 12.7 Å². The summed E-state index contributed by atoms with van der Waals surface area (Å²) in [5.41, 5.74) is 0. The number of carbonyl (C=O) groups is 1. The van der Waals surface area contributed by atoms with Crippen molar-refractivity contribution in [2.24, 2.45) is 0 Å². The van der Waals surface area contributed by atoms with Crippen molar-refractivity contribution in [3.05, 3.63) is 12.7 Å². The first kappa shape index (κ1) is 15.4. The summed E-state index contributed by atoms with van der Waals surface area (Å²) in [5, 5.41) is 7.21. The van der Waals surface area contributed by atoms with E-state index in [2.05, 4.69) is 20.3 Å². The standard InChI is InChI=1S/C15H25N5O2/c1-12(15(21)17-8-14-5-3-7-22-14)20-6-2-4-13(20)9-19-11-16-10-18-19/h10-14H,2-9H2,1H3,(H,17,21). The number of amides is 1. The van der Waals surface area contributed by atoms with Crippen molar-refractivity contribution in [2.45, 2.75) is 57.3 Å². The zero-order chi connectivity index (χ0) is 15.4. The molecule has 3 heterocycles. The van der Waals surface area contributed by atoms with E-state index in [4.69, 9.17) is 4.74 Å². The number of rotatable bonds is 6. The lowest BCUT2D eigenvalue weighted by Gasteiger charge is -2.30. The Balaban J connectivity index is 1.50. The van der Waals surface area contributed by atoms with E-state index in [-0.39, 0.29) is 18.1 Å². The molecule has 3 unspecified atom stereocenters. The summed E-state index contributed by atoms with van der Waals surface area (Å²) in [6.07, 6.45) is 7.86. The Labute approximate surface area is 131 Å². The molecule has 7 nitrogen and oxygen atoms in total. The molecule has 122 valence electrons. The lowest BCUT2D eigenvalue weighted by Crippen LogP contribution is -2.49. The number of hydrogen-bond acceptors (Lipinski definition) is 5. The molecular weight excluding hydrogens is 282 g/mol. The number of likely N-dealkylation sites (tertiary alicyclic amines) is 1. The van der Waals surface area contributed by atoms with Crippen LogP contribution < -0.4 is 5.32 Å². The van der Waals surface area contributed by atoms with Gasteiger partial charge < -0.3 is 10.1 Å². The second-order valence-electron chi connectivity index (χ2n) is 6.21. The summed E-state index contributed by atoms with van der Waals surface area (Å²) < 4.78 is 7.40. The predicted molar refractivity (Wildman–Crippen MR) is 81.2 cm³/mol. The van der Waals surface area contributed by atoms with E-state index in [1.807, 2.05) is 11.6 Å². The molecule has 0 aromatic carbocycles. The minimum atomic E-state index is -0.113. The van der Waals surface area contributed by atoms with Crippen molar-refractivity contribution in [2.75, 3.05) is 19.7 Å². The molecule has 3 atom stereocenters. The summed E-state index contributed by atoms with van der Waals surface area (Å²) in [4.78, 5) is 18.7. The molecule has 0 aliphatic carbocycles. The highest BCUT2D eigenvalue weighted by Gasteiger charge is 2.32. The monoisotopic (exact) mass is 307 g/mol. The maximum absolute atomic E-state index is 12.4. The average Bonchev–Trinajstić information content (AvgIpc) is 3.27. The number of hydrogen-bond donors (Lipinski definition) is 1. The van der Waals surface area contributed by atoms with Gasteiger partial charge in [-0.05, 0) is 39.2 Å². The van der Waals surface area contributed by atoms with Crippen molar-refractivity contribution < 1.29 is 9.53 Å². The summed E-state index contributed by atoms with van der Waals surface area (Å²) in [6, 6.07) is 0.239. The second kappa shape index (κ2) is 7.19. The normalized spacial score (nSPS) is 27.1. The van der Waals surface area contributed by atoms with Crippen molar-refractivity contribution in [1.29, 1.82) is 0 Å². The van der Waals surface area contributed by atoms with Crippen LogP contribution in [0.1, 0.15) is 32.6 Å². The van der Waals surface area contributed by atoms with Gasteiger partial charge in [0.1, 0.15) is 12.7 Å². The zero-order valence-corrected chi connectivity index (χ0v) is 13.1. The first-order valence-electron chi connectivity index (χ1n) is 8.21. The Morgan fingerprint density at radius 3 is 3.09 bits per heavy atom. The first-order chi connectivity index (χ1) is 10.7. The topological polar surface area (TPSA) is 72.3 Å². The third kappa shape index (κ3) is 3.64. The molecule has 7 heteroatoms. The molecule has 1 amide bonds. The Hall–Kier alpha value is -1.47. The van der Waals surface area contributed by atoms with Gasteiger partial charge in [0, 0.05) is 19.2 Å². The number of nitrogens with one attached hydrogen (secondary N) is 1. The second-order valence-corrected chi connectivity index (χ2v) is 6.21. The van der Waals surface area contributed by atoms with E-state index in [0.717, 1.165) is 45.4 Å². The van der Waals surface area contributed by atoms with Gasteiger partial charge in [-0.3, -0.25) is 14.4 Å². The molecule has 2 aliphatic heterocycles. The molecule has 1 aromatic rings. The largest absolute Gasteiger partial charge is 0.376 e. The van der Waals surface area contributed by atoms with Gasteiger partial charge in [0.05, 0.1) is 18.7 Å². The van der Waals surface area contributed by atoms with Gasteiger partial charge in [0.15, 0.2) is 0 Å². The highest BCUT2D eigenvalue weighted by atomic mass is 16.5. The fourth-order valence-electron chi connectivity index (χ4n) is 3.42. The molecule has 3 rings (SSSR count). The minimum Gasteiger partial charge on any atom is -0.376 e. The van der Waals surface area contributed by atoms with Crippen LogP contribution in [-0.2, 0) is 16.1 Å². The van der Waals surface area contributed by atoms with Gasteiger partial charge >= 0.3 is 0 Å². The maximum atomic E-state index is 12.4. The molecule has 1 N–H and O–H groups in total. The van der Waals surface area contributed by atoms with E-state index in [0.29, 0.717) is 12.6 Å². The van der Waals surface area contributed by atoms with Gasteiger partial charge in [-0.2, -0.15) is 5.10 Å². The number of ether oxygens (including phenoxy) is 1. The molecule has 2 aliphatic rings. The quantitative estimate of drug-likeness (QED) is 0.825. The van der Waals surface area contributed by atoms with Crippen molar-refractivity contribution in [3.63, 3.8) is 0 Å². The summed E-state index contributed by atoms with van der Waals surface area (Å²) in [5.74, 6) is 0.0981. The number of nitrogens with zero attached hydrogens (tertiary/aromatic N) is 4. The Morgan fingerprint density at radius 1 is 1.45 bits per heavy atom. The fraction of sp³-hybridized carbons (Fsp3) is 0.800. The molecule has 1 aromatic heterocycles. The Bertz CT molecular complexity index is 472. The van der Waals surface area contributed by atoms with Crippen molar-refractivity contribution in [3.8, 4) is 0 Å². The van der Waals surface area contributed by atoms with E-state index < -0.39 is 0 Å². The molecule has 0 bridgehead atoms. The van der Waals surface area contributed by atoms with Crippen molar-refractivity contribution >= 4 is 5.91 Å². The number of aromatic nitrogens is 3. The Kier molecular flexibility index (Phi) is 5.04. The molecule has 0 spiro atoms. The molecular formula is C15H25N5O2. The molecule has 0 saturated carbocycles. The van der Waals surface area contributed by atoms with Crippen LogP contribution in [0.5, 0.6) is 0 Å². The highest BCUT2D eigenvalue weighted by Crippen LogP contribution is 2.21. The average molecular weight is 307 g/mol. The van der Waals surface area contributed by atoms with Crippen LogP contribution in [0.4, 0.5) is 0 Å². The fourth-order valence-corrected chi connectivity index (χ4v) is 3.42. The van der Waals surface area contributed by atoms with Crippen LogP contribution in [0, 0.1) is 0 Å². The summed E-state index contributed by atoms with van der Waals surface area (Å²) >= 11 is 0. The lowest BCUT2D eigenvalue weighted by atomic mass is 10.2. The Morgan fingerprint density at radius 2 is 2.36 bits per heavy atom. The third-order valence-corrected chi connectivity index (χ3v) is 4.69. The molecule has 2 fully saturated rings. The smallest absolute Gasteiger partial charge is 0.237 e. The van der Waals surface area contributed by atoms with Crippen molar-refractivity contribution in [1.82, 2.24) is 25.0 Å². The first-order valence-corrected chi connectivity index (χ1v) is 8.21. The zero-order valence-electron chi connectivity index (χ0n) is 13.1. The highest BCUT2D eigenvalue weighted by molar-refractivity contribution is 5.81. The van der Waals surface area contributed by atoms with Crippen LogP contribution in [0.2, 0.25) is 0 Å². The van der Waals surface area contributed by atoms with Crippen LogP contribution in [0.3, 0.4) is 0 Å². The van der Waals surface area contributed by atoms with Crippen LogP contribution >= 0.6 is 0 Å². The van der Waals surface area contributed by atoms with Gasteiger partial charge in [-0.15, -0.1) is 0 Å². The molecule has 0 radical (unpaired) electrons. The minimum absolute atomic E-state index is 0.0981. The van der Waals surface area contributed by atoms with Gasteiger partial charge in [-0.1, -0.05) is 0 Å². The van der Waals surface area contributed by atoms with Gasteiger partial charge in [-0.25, -0.2) is 4.98 Å². The number of carbonyl (C=O) groups excluding carboxylic acids is 1. The maximum Gasteiger partial charge on any atom is 0.237 e. The third-order valence-electron chi connectivity index (χ3n) is 4.69.